The van der Waals surface area contributed by atoms with Crippen molar-refractivity contribution >= 4 is 11.8 Å². The molecule has 0 aliphatic rings. The molecule has 0 rings (SSSR count). The van der Waals surface area contributed by atoms with Crippen LogP contribution < -0.4 is 5.32 Å². The van der Waals surface area contributed by atoms with Crippen LogP contribution >= 0.6 is 11.8 Å². The van der Waals surface area contributed by atoms with Crippen LogP contribution in [-0.2, 0) is 0 Å². The Kier molecular flexibility index (Phi) is 12.6. The molecule has 0 atom stereocenters. The molecular formula is C11H25NS. The van der Waals surface area contributed by atoms with Crippen molar-refractivity contribution in [2.75, 3.05) is 25.1 Å². The summed E-state index contributed by atoms with van der Waals surface area (Å²) in [4.78, 5) is 0. The number of hydrogen-bond donors (Lipinski definition) is 1. The fourth-order valence-corrected chi connectivity index (χ4v) is 1.75. The molecule has 0 aromatic carbocycles. The predicted molar refractivity (Wildman–Crippen MR) is 64.6 cm³/mol. The SMILES string of the molecule is CCCCCCCNCCCSC. The summed E-state index contributed by atoms with van der Waals surface area (Å²) in [5, 5.41) is 3.48. The molecule has 0 spiro atoms. The normalized spacial score (nSPS) is 10.6. The molecule has 0 saturated carbocycles. The van der Waals surface area contributed by atoms with Crippen LogP contribution in [0.2, 0.25) is 0 Å². The third kappa shape index (κ3) is 12.3. The molecule has 0 amide bonds. The van der Waals surface area contributed by atoms with E-state index in [1.165, 1.54) is 57.4 Å². The monoisotopic (exact) mass is 203 g/mol. The van der Waals surface area contributed by atoms with E-state index in [-0.39, 0.29) is 0 Å². The maximum Gasteiger partial charge on any atom is -0.00411 e. The number of nitrogens with one attached hydrogen (secondary N) is 1. The van der Waals surface area contributed by atoms with E-state index in [1.807, 2.05) is 11.8 Å². The third-order valence-electron chi connectivity index (χ3n) is 2.16. The van der Waals surface area contributed by atoms with Crippen molar-refractivity contribution in [3.8, 4) is 0 Å². The zero-order valence-corrected chi connectivity index (χ0v) is 10.1. The highest BCUT2D eigenvalue weighted by Crippen LogP contribution is 2.01. The van der Waals surface area contributed by atoms with E-state index in [2.05, 4.69) is 18.5 Å². The zero-order chi connectivity index (χ0) is 9.78. The first-order chi connectivity index (χ1) is 6.41. The maximum absolute atomic E-state index is 3.48. The molecule has 0 aliphatic carbocycles. The van der Waals surface area contributed by atoms with Crippen LogP contribution in [0.5, 0.6) is 0 Å². The first kappa shape index (κ1) is 13.3. The molecule has 0 radical (unpaired) electrons. The summed E-state index contributed by atoms with van der Waals surface area (Å²) in [6.45, 7) is 4.69. The van der Waals surface area contributed by atoms with Gasteiger partial charge in [0.2, 0.25) is 0 Å². The number of unbranched alkanes of at least 4 members (excludes halogenated alkanes) is 4. The van der Waals surface area contributed by atoms with Crippen LogP contribution in [0.25, 0.3) is 0 Å². The molecular weight excluding hydrogens is 178 g/mol. The first-order valence-electron chi connectivity index (χ1n) is 5.61. The highest BCUT2D eigenvalue weighted by Gasteiger charge is 1.89. The van der Waals surface area contributed by atoms with E-state index in [4.69, 9.17) is 0 Å². The van der Waals surface area contributed by atoms with Crippen LogP contribution in [-0.4, -0.2) is 25.1 Å². The fourth-order valence-electron chi connectivity index (χ4n) is 1.32. The Morgan fingerprint density at radius 1 is 0.923 bits per heavy atom. The van der Waals surface area contributed by atoms with E-state index < -0.39 is 0 Å². The summed E-state index contributed by atoms with van der Waals surface area (Å²) in [5.74, 6) is 1.29. The molecule has 80 valence electrons. The number of rotatable bonds is 10. The lowest BCUT2D eigenvalue weighted by Crippen LogP contribution is -2.17. The Morgan fingerprint density at radius 2 is 1.62 bits per heavy atom. The molecule has 2 heteroatoms. The van der Waals surface area contributed by atoms with Gasteiger partial charge >= 0.3 is 0 Å². The van der Waals surface area contributed by atoms with Crippen LogP contribution in [0.3, 0.4) is 0 Å². The highest BCUT2D eigenvalue weighted by atomic mass is 32.2. The molecule has 1 nitrogen and oxygen atoms in total. The Morgan fingerprint density at radius 3 is 2.31 bits per heavy atom. The summed E-state index contributed by atoms with van der Waals surface area (Å²) >= 11 is 1.94. The van der Waals surface area contributed by atoms with Crippen molar-refractivity contribution in [2.24, 2.45) is 0 Å². The van der Waals surface area contributed by atoms with E-state index in [0.29, 0.717) is 0 Å². The molecule has 0 aromatic rings. The summed E-state index contributed by atoms with van der Waals surface area (Å²) in [5.41, 5.74) is 0. The second-order valence-electron chi connectivity index (χ2n) is 3.51. The lowest BCUT2D eigenvalue weighted by atomic mass is 10.1. The van der Waals surface area contributed by atoms with Gasteiger partial charge in [0.25, 0.3) is 0 Å². The molecule has 1 N–H and O–H groups in total. The van der Waals surface area contributed by atoms with Crippen LogP contribution in [0.4, 0.5) is 0 Å². The van der Waals surface area contributed by atoms with Gasteiger partial charge in [0.05, 0.1) is 0 Å². The van der Waals surface area contributed by atoms with Gasteiger partial charge in [-0.2, -0.15) is 11.8 Å². The van der Waals surface area contributed by atoms with Crippen molar-refractivity contribution in [1.29, 1.82) is 0 Å². The lowest BCUT2D eigenvalue weighted by Gasteiger charge is -2.03. The first-order valence-corrected chi connectivity index (χ1v) is 7.00. The molecule has 0 aromatic heterocycles. The third-order valence-corrected chi connectivity index (χ3v) is 2.86. The quantitative estimate of drug-likeness (QED) is 0.547. The lowest BCUT2D eigenvalue weighted by molar-refractivity contribution is 0.582. The molecule has 0 fully saturated rings. The minimum Gasteiger partial charge on any atom is -0.317 e. The van der Waals surface area contributed by atoms with Gasteiger partial charge in [0.1, 0.15) is 0 Å². The molecule has 0 aliphatic heterocycles. The average Bonchev–Trinajstić information content (AvgIpc) is 2.16. The van der Waals surface area contributed by atoms with Gasteiger partial charge in [-0.05, 0) is 37.9 Å². The van der Waals surface area contributed by atoms with E-state index in [1.54, 1.807) is 0 Å². The van der Waals surface area contributed by atoms with Gasteiger partial charge in [-0.3, -0.25) is 0 Å². The number of hydrogen-bond acceptors (Lipinski definition) is 2. The van der Waals surface area contributed by atoms with Crippen molar-refractivity contribution in [2.45, 2.75) is 45.4 Å². The summed E-state index contributed by atoms with van der Waals surface area (Å²) in [6.07, 6.45) is 10.4. The van der Waals surface area contributed by atoms with E-state index >= 15 is 0 Å². The average molecular weight is 203 g/mol. The van der Waals surface area contributed by atoms with Crippen molar-refractivity contribution in [1.82, 2.24) is 5.32 Å². The van der Waals surface area contributed by atoms with Crippen molar-refractivity contribution < 1.29 is 0 Å². The molecule has 0 unspecified atom stereocenters. The zero-order valence-electron chi connectivity index (χ0n) is 9.27. The Labute approximate surface area is 88.1 Å². The highest BCUT2D eigenvalue weighted by molar-refractivity contribution is 7.98. The number of thioether (sulfide) groups is 1. The van der Waals surface area contributed by atoms with Gasteiger partial charge in [0, 0.05) is 0 Å². The molecule has 0 heterocycles. The minimum absolute atomic E-state index is 1.20. The van der Waals surface area contributed by atoms with Crippen molar-refractivity contribution in [3.05, 3.63) is 0 Å². The van der Waals surface area contributed by atoms with Gasteiger partial charge in [0.15, 0.2) is 0 Å². The second-order valence-corrected chi connectivity index (χ2v) is 4.50. The Hall–Kier alpha value is 0.310. The molecule has 0 bridgehead atoms. The Bertz CT molecular complexity index is 76.2. The van der Waals surface area contributed by atoms with Gasteiger partial charge in [-0.1, -0.05) is 32.6 Å². The summed E-state index contributed by atoms with van der Waals surface area (Å²) < 4.78 is 0. The Balaban J connectivity index is 2.76. The smallest absolute Gasteiger partial charge is 0.00411 e. The largest absolute Gasteiger partial charge is 0.317 e. The molecule has 13 heavy (non-hydrogen) atoms. The van der Waals surface area contributed by atoms with Gasteiger partial charge in [-0.15, -0.1) is 0 Å². The predicted octanol–water partition coefficient (Wildman–Crippen LogP) is 3.30. The fraction of sp³-hybridized carbons (Fsp3) is 1.00. The topological polar surface area (TPSA) is 12.0 Å². The van der Waals surface area contributed by atoms with E-state index in [0.717, 1.165) is 0 Å². The standard InChI is InChI=1S/C11H25NS/c1-3-4-5-6-7-9-12-10-8-11-13-2/h12H,3-11H2,1-2H3. The maximum atomic E-state index is 3.48. The van der Waals surface area contributed by atoms with Crippen LogP contribution in [0.1, 0.15) is 45.4 Å². The minimum atomic E-state index is 1.20. The van der Waals surface area contributed by atoms with Crippen LogP contribution in [0, 0.1) is 0 Å². The van der Waals surface area contributed by atoms with Gasteiger partial charge in [-0.25, -0.2) is 0 Å². The van der Waals surface area contributed by atoms with Crippen molar-refractivity contribution in [3.63, 3.8) is 0 Å². The molecule has 0 saturated heterocycles. The summed E-state index contributed by atoms with van der Waals surface area (Å²) in [6, 6.07) is 0. The van der Waals surface area contributed by atoms with E-state index in [9.17, 15) is 0 Å². The van der Waals surface area contributed by atoms with Crippen LogP contribution in [0.15, 0.2) is 0 Å². The second kappa shape index (κ2) is 12.3. The summed E-state index contributed by atoms with van der Waals surface area (Å²) in [7, 11) is 0. The van der Waals surface area contributed by atoms with Gasteiger partial charge < -0.3 is 5.32 Å².